The van der Waals surface area contributed by atoms with Gasteiger partial charge in [0.1, 0.15) is 0 Å². The van der Waals surface area contributed by atoms with Crippen molar-refractivity contribution in [3.8, 4) is 11.3 Å². The van der Waals surface area contributed by atoms with Gasteiger partial charge in [-0.1, -0.05) is 43.2 Å². The summed E-state index contributed by atoms with van der Waals surface area (Å²) in [7, 11) is 0. The van der Waals surface area contributed by atoms with Crippen LogP contribution in [0.25, 0.3) is 11.3 Å². The van der Waals surface area contributed by atoms with E-state index >= 15 is 0 Å². The van der Waals surface area contributed by atoms with E-state index in [9.17, 15) is 9.59 Å². The molecular weight excluding hydrogens is 406 g/mol. The molecule has 4 N–H and O–H groups in total. The number of rotatable bonds is 11. The third-order valence-electron chi connectivity index (χ3n) is 4.83. The van der Waals surface area contributed by atoms with Crippen molar-refractivity contribution in [2.45, 2.75) is 38.5 Å². The fraction of sp³-hybridized carbons (Fsp3) is 0.250. The molecule has 3 aromatic rings. The fourth-order valence-electron chi connectivity index (χ4n) is 3.16. The van der Waals surface area contributed by atoms with Gasteiger partial charge in [0.2, 0.25) is 17.8 Å². The number of carbonyl (C=O) groups is 2. The summed E-state index contributed by atoms with van der Waals surface area (Å²) >= 11 is 0. The Bertz CT molecular complexity index is 1010. The van der Waals surface area contributed by atoms with Gasteiger partial charge >= 0.3 is 0 Å². The minimum Gasteiger partial charge on any atom is -0.326 e. The van der Waals surface area contributed by atoms with Crippen LogP contribution in [0.2, 0.25) is 0 Å². The van der Waals surface area contributed by atoms with E-state index in [-0.39, 0.29) is 11.8 Å². The molecule has 32 heavy (non-hydrogen) atoms. The molecular formula is C24H27N5O3. The molecule has 0 atom stereocenters. The predicted molar refractivity (Wildman–Crippen MR) is 123 cm³/mol. The van der Waals surface area contributed by atoms with Crippen LogP contribution in [0.15, 0.2) is 66.9 Å². The molecule has 8 nitrogen and oxygen atoms in total. The van der Waals surface area contributed by atoms with E-state index in [0.717, 1.165) is 41.9 Å². The van der Waals surface area contributed by atoms with Gasteiger partial charge in [0, 0.05) is 36.0 Å². The molecule has 0 aliphatic heterocycles. The Labute approximate surface area is 187 Å². The van der Waals surface area contributed by atoms with E-state index in [1.54, 1.807) is 11.7 Å². The quantitative estimate of drug-likeness (QED) is 0.198. The molecule has 1 aromatic heterocycles. The summed E-state index contributed by atoms with van der Waals surface area (Å²) in [4.78, 5) is 31.9. The van der Waals surface area contributed by atoms with Gasteiger partial charge in [0.15, 0.2) is 0 Å². The van der Waals surface area contributed by atoms with E-state index in [0.29, 0.717) is 25.2 Å². The maximum Gasteiger partial charge on any atom is 0.243 e. The highest BCUT2D eigenvalue weighted by Crippen LogP contribution is 2.21. The lowest BCUT2D eigenvalue weighted by molar-refractivity contribution is -0.129. The van der Waals surface area contributed by atoms with Gasteiger partial charge < -0.3 is 10.6 Å². The predicted octanol–water partition coefficient (Wildman–Crippen LogP) is 4.67. The van der Waals surface area contributed by atoms with Crippen LogP contribution in [0.1, 0.15) is 38.5 Å². The Morgan fingerprint density at radius 3 is 2.16 bits per heavy atom. The molecule has 0 saturated carbocycles. The molecule has 0 aliphatic carbocycles. The highest BCUT2D eigenvalue weighted by Gasteiger charge is 2.06. The van der Waals surface area contributed by atoms with Gasteiger partial charge in [-0.05, 0) is 43.2 Å². The zero-order valence-electron chi connectivity index (χ0n) is 17.8. The highest BCUT2D eigenvalue weighted by atomic mass is 16.5. The van der Waals surface area contributed by atoms with Crippen molar-refractivity contribution in [3.05, 3.63) is 66.9 Å². The zero-order chi connectivity index (χ0) is 22.6. The van der Waals surface area contributed by atoms with Gasteiger partial charge in [-0.25, -0.2) is 15.4 Å². The van der Waals surface area contributed by atoms with Crippen molar-refractivity contribution in [1.29, 1.82) is 0 Å². The number of amides is 2. The van der Waals surface area contributed by atoms with Gasteiger partial charge in [0.25, 0.3) is 0 Å². The lowest BCUT2D eigenvalue weighted by Crippen LogP contribution is -2.17. The molecule has 0 fully saturated rings. The Morgan fingerprint density at radius 2 is 1.47 bits per heavy atom. The summed E-state index contributed by atoms with van der Waals surface area (Å²) in [6, 6.07) is 19.1. The number of benzene rings is 2. The van der Waals surface area contributed by atoms with Gasteiger partial charge in [-0.15, -0.1) is 0 Å². The van der Waals surface area contributed by atoms with Crippen molar-refractivity contribution >= 4 is 29.1 Å². The number of unbranched alkanes of at least 4 members (excludes halogenated alkanes) is 3. The maximum absolute atomic E-state index is 12.1. The fourth-order valence-corrected chi connectivity index (χ4v) is 3.16. The van der Waals surface area contributed by atoms with Crippen molar-refractivity contribution in [1.82, 2.24) is 15.4 Å². The molecule has 0 unspecified atom stereocenters. The Hall–Kier alpha value is -3.78. The summed E-state index contributed by atoms with van der Waals surface area (Å²) in [5.74, 6) is 0.0992. The number of hydroxylamine groups is 1. The Morgan fingerprint density at radius 1 is 0.781 bits per heavy atom. The molecule has 8 heteroatoms. The van der Waals surface area contributed by atoms with Gasteiger partial charge in [0.05, 0.1) is 5.69 Å². The monoisotopic (exact) mass is 433 g/mol. The second-order valence-electron chi connectivity index (χ2n) is 7.33. The smallest absolute Gasteiger partial charge is 0.243 e. The summed E-state index contributed by atoms with van der Waals surface area (Å²) in [6.07, 6.45) is 5.58. The van der Waals surface area contributed by atoms with Crippen LogP contribution in [-0.2, 0) is 9.59 Å². The average molecular weight is 434 g/mol. The molecule has 1 heterocycles. The minimum absolute atomic E-state index is 0.0396. The van der Waals surface area contributed by atoms with Crippen LogP contribution >= 0.6 is 0 Å². The number of nitrogens with one attached hydrogen (secondary N) is 3. The van der Waals surface area contributed by atoms with E-state index in [1.165, 1.54) is 0 Å². The Kier molecular flexibility index (Phi) is 8.70. The molecule has 0 saturated heterocycles. The van der Waals surface area contributed by atoms with Crippen LogP contribution in [0.5, 0.6) is 0 Å². The molecule has 2 amide bonds. The van der Waals surface area contributed by atoms with Gasteiger partial charge in [-0.2, -0.15) is 0 Å². The lowest BCUT2D eigenvalue weighted by atomic mass is 10.1. The van der Waals surface area contributed by atoms with Crippen molar-refractivity contribution in [3.63, 3.8) is 0 Å². The van der Waals surface area contributed by atoms with E-state index in [1.807, 2.05) is 60.7 Å². The SMILES string of the molecule is O=C(CCCCCCC(=O)Nc1ccc(-c2ccnc(Nc3ccccc3)n2)cc1)NO. The number of nitrogens with zero attached hydrogens (tertiary/aromatic N) is 2. The zero-order valence-corrected chi connectivity index (χ0v) is 17.8. The second kappa shape index (κ2) is 12.2. The highest BCUT2D eigenvalue weighted by molar-refractivity contribution is 5.90. The van der Waals surface area contributed by atoms with Crippen LogP contribution in [0.3, 0.4) is 0 Å². The lowest BCUT2D eigenvalue weighted by Gasteiger charge is -2.08. The van der Waals surface area contributed by atoms with Gasteiger partial charge in [-0.3, -0.25) is 14.8 Å². The molecule has 3 rings (SSSR count). The average Bonchev–Trinajstić information content (AvgIpc) is 2.82. The number of aromatic nitrogens is 2. The maximum atomic E-state index is 12.1. The third kappa shape index (κ3) is 7.48. The van der Waals surface area contributed by atoms with Crippen molar-refractivity contribution in [2.24, 2.45) is 0 Å². The molecule has 2 aromatic carbocycles. The first-order chi connectivity index (χ1) is 15.6. The first-order valence-corrected chi connectivity index (χ1v) is 10.6. The number of hydrogen-bond acceptors (Lipinski definition) is 6. The summed E-state index contributed by atoms with van der Waals surface area (Å²) in [5.41, 5.74) is 4.97. The summed E-state index contributed by atoms with van der Waals surface area (Å²) < 4.78 is 0. The minimum atomic E-state index is -0.378. The number of hydrogen-bond donors (Lipinski definition) is 4. The van der Waals surface area contributed by atoms with E-state index < -0.39 is 0 Å². The summed E-state index contributed by atoms with van der Waals surface area (Å²) in [5, 5.41) is 14.5. The molecule has 0 spiro atoms. The number of carbonyl (C=O) groups excluding carboxylic acids is 2. The van der Waals surface area contributed by atoms with Crippen LogP contribution < -0.4 is 16.1 Å². The van der Waals surface area contributed by atoms with Crippen molar-refractivity contribution in [2.75, 3.05) is 10.6 Å². The standard InChI is InChI=1S/C24H27N5O3/c30-22(10-6-1-2-7-11-23(31)29-32)26-20-14-12-18(13-15-20)21-16-17-25-24(28-21)27-19-8-4-3-5-9-19/h3-5,8-9,12-17,32H,1-2,6-7,10-11H2,(H,26,30)(H,29,31)(H,25,27,28). The third-order valence-corrected chi connectivity index (χ3v) is 4.83. The summed E-state index contributed by atoms with van der Waals surface area (Å²) in [6.45, 7) is 0. The van der Waals surface area contributed by atoms with Crippen molar-refractivity contribution < 1.29 is 14.8 Å². The normalized spacial score (nSPS) is 10.4. The Balaban J connectivity index is 1.46. The van der Waals surface area contributed by atoms with Crippen LogP contribution in [-0.4, -0.2) is 27.0 Å². The van der Waals surface area contributed by atoms with Crippen LogP contribution in [0.4, 0.5) is 17.3 Å². The number of anilines is 3. The largest absolute Gasteiger partial charge is 0.326 e. The molecule has 0 bridgehead atoms. The molecule has 166 valence electrons. The first kappa shape index (κ1) is 22.9. The van der Waals surface area contributed by atoms with E-state index in [2.05, 4.69) is 20.6 Å². The van der Waals surface area contributed by atoms with E-state index in [4.69, 9.17) is 5.21 Å². The topological polar surface area (TPSA) is 116 Å². The molecule has 0 radical (unpaired) electrons. The first-order valence-electron chi connectivity index (χ1n) is 10.6. The molecule has 0 aliphatic rings. The number of para-hydroxylation sites is 1. The second-order valence-corrected chi connectivity index (χ2v) is 7.33. The van der Waals surface area contributed by atoms with Crippen LogP contribution in [0, 0.1) is 0 Å².